The molecular formula is C27H38O16. The largest absolute Gasteiger partial charge is 0.463 e. The fourth-order valence-corrected chi connectivity index (χ4v) is 5.50. The number of ether oxygens (including phenoxy) is 10. The Hall–Kier alpha value is -3.34. The molecule has 3 rings (SSSR count). The van der Waals surface area contributed by atoms with Crippen molar-refractivity contribution >= 4 is 35.8 Å². The van der Waals surface area contributed by atoms with Crippen LogP contribution in [0.3, 0.4) is 0 Å². The first kappa shape index (κ1) is 34.2. The lowest BCUT2D eigenvalue weighted by Gasteiger charge is -2.44. The van der Waals surface area contributed by atoms with Crippen molar-refractivity contribution in [1.29, 1.82) is 0 Å². The van der Waals surface area contributed by atoms with Crippen molar-refractivity contribution in [3.05, 3.63) is 0 Å². The normalized spacial score (nSPS) is 36.3. The van der Waals surface area contributed by atoms with Crippen molar-refractivity contribution in [2.24, 2.45) is 5.92 Å². The summed E-state index contributed by atoms with van der Waals surface area (Å²) in [5, 5.41) is 0. The highest BCUT2D eigenvalue weighted by Crippen LogP contribution is 2.57. The molecule has 1 aliphatic carbocycles. The predicted molar refractivity (Wildman–Crippen MR) is 137 cm³/mol. The van der Waals surface area contributed by atoms with Gasteiger partial charge in [-0.3, -0.25) is 28.8 Å². The molecule has 0 bridgehead atoms. The van der Waals surface area contributed by atoms with Gasteiger partial charge in [0.05, 0.1) is 18.6 Å². The Balaban J connectivity index is 1.89. The number of hydrogen-bond acceptors (Lipinski definition) is 16. The second-order valence-electron chi connectivity index (χ2n) is 10.6. The summed E-state index contributed by atoms with van der Waals surface area (Å²) in [6.07, 6.45) is -10.1. The quantitative estimate of drug-likeness (QED) is 0.217. The van der Waals surface area contributed by atoms with Crippen molar-refractivity contribution in [1.82, 2.24) is 0 Å². The van der Waals surface area contributed by atoms with Crippen LogP contribution in [0.1, 0.15) is 48.5 Å². The van der Waals surface area contributed by atoms with E-state index in [9.17, 15) is 28.8 Å². The molecule has 2 heterocycles. The minimum atomic E-state index is -1.32. The number of esters is 6. The zero-order valence-corrected chi connectivity index (χ0v) is 25.2. The highest BCUT2D eigenvalue weighted by molar-refractivity contribution is 5.69. The average Bonchev–Trinajstić information content (AvgIpc) is 3.47. The molecule has 0 N–H and O–H groups in total. The molecule has 2 aliphatic heterocycles. The van der Waals surface area contributed by atoms with E-state index in [2.05, 4.69) is 0 Å². The molecule has 16 heteroatoms. The van der Waals surface area contributed by atoms with Crippen LogP contribution in [-0.2, 0) is 76.1 Å². The Morgan fingerprint density at radius 3 is 1.51 bits per heavy atom. The van der Waals surface area contributed by atoms with Crippen LogP contribution in [0, 0.1) is 5.92 Å². The minimum absolute atomic E-state index is 0.290. The van der Waals surface area contributed by atoms with Gasteiger partial charge < -0.3 is 47.4 Å². The third-order valence-electron chi connectivity index (χ3n) is 7.15. The summed E-state index contributed by atoms with van der Waals surface area (Å²) in [7, 11) is 1.28. The van der Waals surface area contributed by atoms with E-state index < -0.39 is 102 Å². The summed E-state index contributed by atoms with van der Waals surface area (Å²) < 4.78 is 56.0. The number of fused-ring (bicyclic) bond motifs is 1. The first-order chi connectivity index (χ1) is 20.1. The van der Waals surface area contributed by atoms with Gasteiger partial charge in [-0.15, -0.1) is 0 Å². The summed E-state index contributed by atoms with van der Waals surface area (Å²) >= 11 is 0. The summed E-state index contributed by atoms with van der Waals surface area (Å²) in [6, 6.07) is 0. The van der Waals surface area contributed by atoms with E-state index >= 15 is 0 Å². The van der Waals surface area contributed by atoms with Crippen molar-refractivity contribution < 1.29 is 76.1 Å². The Morgan fingerprint density at radius 1 is 0.581 bits per heavy atom. The topological polar surface area (TPSA) is 195 Å². The Labute approximate surface area is 247 Å². The van der Waals surface area contributed by atoms with Crippen LogP contribution in [0.4, 0.5) is 0 Å². The molecule has 1 saturated carbocycles. The number of carbonyl (C=O) groups excluding carboxylic acids is 6. The second-order valence-corrected chi connectivity index (χ2v) is 10.6. The standard InChI is InChI=1S/C27H38O16/c1-11(28)35-9-17-20(37-12(2)29)22(39-14(4)31)19-25(42-17)27(19,7)36-10-18-21(38-13(3)30)23(40-15(5)32)24(41-16(6)33)26(34-8)43-18/h17-26H,9-10H2,1-8H3/t17-,18-,19-,20-,21-,22-,23+,24-,25+,26+,27?/m1/s1. The highest BCUT2D eigenvalue weighted by atomic mass is 16.7. The van der Waals surface area contributed by atoms with E-state index in [0.29, 0.717) is 0 Å². The van der Waals surface area contributed by atoms with E-state index in [4.69, 9.17) is 47.4 Å². The number of carbonyl (C=O) groups is 6. The van der Waals surface area contributed by atoms with Gasteiger partial charge in [0.1, 0.15) is 30.5 Å². The smallest absolute Gasteiger partial charge is 0.303 e. The lowest BCUT2D eigenvalue weighted by molar-refractivity contribution is -0.305. The van der Waals surface area contributed by atoms with Crippen LogP contribution in [0.2, 0.25) is 0 Å². The van der Waals surface area contributed by atoms with Gasteiger partial charge in [0.2, 0.25) is 0 Å². The summed E-state index contributed by atoms with van der Waals surface area (Å²) in [5.41, 5.74) is -1.17. The van der Waals surface area contributed by atoms with Gasteiger partial charge >= 0.3 is 35.8 Å². The zero-order chi connectivity index (χ0) is 32.2. The molecular weight excluding hydrogens is 580 g/mol. The molecule has 43 heavy (non-hydrogen) atoms. The van der Waals surface area contributed by atoms with Crippen LogP contribution in [0.15, 0.2) is 0 Å². The van der Waals surface area contributed by atoms with E-state index in [1.165, 1.54) is 27.9 Å². The van der Waals surface area contributed by atoms with E-state index in [0.717, 1.165) is 20.8 Å². The average molecular weight is 619 g/mol. The molecule has 1 unspecified atom stereocenters. The van der Waals surface area contributed by atoms with Gasteiger partial charge in [0.15, 0.2) is 30.7 Å². The molecule has 0 spiro atoms. The van der Waals surface area contributed by atoms with Gasteiger partial charge in [-0.2, -0.15) is 0 Å². The van der Waals surface area contributed by atoms with E-state index in [-0.39, 0.29) is 13.2 Å². The molecule has 3 fully saturated rings. The Kier molecular flexibility index (Phi) is 11.1. The molecule has 0 amide bonds. The van der Waals surface area contributed by atoms with Gasteiger partial charge in [-0.25, -0.2) is 0 Å². The maximum Gasteiger partial charge on any atom is 0.303 e. The van der Waals surface area contributed by atoms with Crippen molar-refractivity contribution in [2.45, 2.75) is 109 Å². The fourth-order valence-electron chi connectivity index (χ4n) is 5.50. The van der Waals surface area contributed by atoms with E-state index in [1.807, 2.05) is 0 Å². The minimum Gasteiger partial charge on any atom is -0.463 e. The van der Waals surface area contributed by atoms with Gasteiger partial charge in [0, 0.05) is 48.7 Å². The van der Waals surface area contributed by atoms with Crippen LogP contribution in [-0.4, -0.2) is 117 Å². The molecule has 3 aliphatic rings. The van der Waals surface area contributed by atoms with Crippen LogP contribution in [0.5, 0.6) is 0 Å². The van der Waals surface area contributed by atoms with Crippen LogP contribution < -0.4 is 0 Å². The van der Waals surface area contributed by atoms with Crippen molar-refractivity contribution in [2.75, 3.05) is 20.3 Å². The third kappa shape index (κ3) is 8.19. The molecule has 242 valence electrons. The Morgan fingerprint density at radius 2 is 1.02 bits per heavy atom. The number of rotatable bonds is 11. The fraction of sp³-hybridized carbons (Fsp3) is 0.778. The SMILES string of the molecule is CO[C@H]1O[C@H](COC2(C)[C@@H]3[C@@H](OC(C)=O)[C@H](OC(C)=O)[C@@H](COC(C)=O)O[C@@H]32)[C@@H](OC(C)=O)[C@H](OC(C)=O)[C@H]1OC(C)=O. The number of hydrogen-bond donors (Lipinski definition) is 0. The van der Waals surface area contributed by atoms with Gasteiger partial charge in [-0.05, 0) is 6.92 Å². The first-order valence-corrected chi connectivity index (χ1v) is 13.6. The molecule has 2 saturated heterocycles. The van der Waals surface area contributed by atoms with Crippen LogP contribution in [0.25, 0.3) is 0 Å². The molecule has 11 atom stereocenters. The summed E-state index contributed by atoms with van der Waals surface area (Å²) in [4.78, 5) is 71.3. The second kappa shape index (κ2) is 14.0. The first-order valence-electron chi connectivity index (χ1n) is 13.6. The Bertz CT molecular complexity index is 1090. The molecule has 0 aromatic carbocycles. The zero-order valence-electron chi connectivity index (χ0n) is 25.2. The van der Waals surface area contributed by atoms with Crippen LogP contribution >= 0.6 is 0 Å². The lowest BCUT2D eigenvalue weighted by atomic mass is 9.98. The van der Waals surface area contributed by atoms with E-state index in [1.54, 1.807) is 6.92 Å². The third-order valence-corrected chi connectivity index (χ3v) is 7.15. The molecule has 0 aromatic rings. The maximum absolute atomic E-state index is 12.1. The predicted octanol–water partition coefficient (Wildman–Crippen LogP) is -0.248. The van der Waals surface area contributed by atoms with Gasteiger partial charge in [0.25, 0.3) is 0 Å². The maximum atomic E-state index is 12.1. The molecule has 16 nitrogen and oxygen atoms in total. The molecule has 0 radical (unpaired) electrons. The summed E-state index contributed by atoms with van der Waals surface area (Å²) in [6.45, 7) is 8.05. The monoisotopic (exact) mass is 618 g/mol. The highest BCUT2D eigenvalue weighted by Gasteiger charge is 2.74. The number of methoxy groups -OCH3 is 1. The van der Waals surface area contributed by atoms with Crippen molar-refractivity contribution in [3.8, 4) is 0 Å². The summed E-state index contributed by atoms with van der Waals surface area (Å²) in [5.74, 6) is -4.78. The van der Waals surface area contributed by atoms with Gasteiger partial charge in [-0.1, -0.05) is 0 Å². The molecule has 0 aromatic heterocycles. The van der Waals surface area contributed by atoms with Crippen molar-refractivity contribution in [3.63, 3.8) is 0 Å². The lowest BCUT2D eigenvalue weighted by Crippen LogP contribution is -2.62.